The Balaban J connectivity index is 2.41. The van der Waals surface area contributed by atoms with E-state index in [9.17, 15) is 0 Å². The average molecular weight is 281 g/mol. The largest absolute Gasteiger partial charge is 0.306 e. The van der Waals surface area contributed by atoms with Crippen LogP contribution in [0.2, 0.25) is 0 Å². The average Bonchev–Trinajstić information content (AvgIpc) is 2.47. The lowest BCUT2D eigenvalue weighted by atomic mass is 9.94. The first kappa shape index (κ1) is 15.8. The minimum atomic E-state index is 0.287. The monoisotopic (exact) mass is 281 g/mol. The van der Waals surface area contributed by atoms with Crippen LogP contribution in [-0.2, 0) is 6.42 Å². The molecular formula is C20H27N. The van der Waals surface area contributed by atoms with Crippen LogP contribution in [0.15, 0.2) is 42.5 Å². The van der Waals surface area contributed by atoms with Crippen LogP contribution >= 0.6 is 0 Å². The summed E-state index contributed by atoms with van der Waals surface area (Å²) in [4.78, 5) is 0. The van der Waals surface area contributed by atoms with Crippen molar-refractivity contribution in [1.29, 1.82) is 0 Å². The molecule has 0 saturated carbocycles. The summed E-state index contributed by atoms with van der Waals surface area (Å²) in [6.07, 6.45) is 2.23. The number of hydrogen-bond donors (Lipinski definition) is 1. The number of benzene rings is 2. The molecule has 1 N–H and O–H groups in total. The van der Waals surface area contributed by atoms with E-state index >= 15 is 0 Å². The molecule has 2 rings (SSSR count). The zero-order valence-corrected chi connectivity index (χ0v) is 13.7. The first-order chi connectivity index (χ1) is 10.1. The van der Waals surface area contributed by atoms with Gasteiger partial charge < -0.3 is 5.32 Å². The maximum Gasteiger partial charge on any atom is 0.0577 e. The van der Waals surface area contributed by atoms with E-state index in [-0.39, 0.29) is 6.04 Å². The number of rotatable bonds is 6. The summed E-state index contributed by atoms with van der Waals surface area (Å²) in [6.45, 7) is 9.82. The van der Waals surface area contributed by atoms with Crippen LogP contribution in [0.4, 0.5) is 0 Å². The Labute approximate surface area is 129 Å². The second-order valence-corrected chi connectivity index (χ2v) is 5.91. The summed E-state index contributed by atoms with van der Waals surface area (Å²) in [5.74, 6) is 0. The first-order valence-electron chi connectivity index (χ1n) is 8.04. The van der Waals surface area contributed by atoms with Crippen LogP contribution in [0, 0.1) is 13.8 Å². The van der Waals surface area contributed by atoms with E-state index in [1.807, 2.05) is 0 Å². The predicted octanol–water partition coefficient (Wildman–Crippen LogP) is 4.95. The summed E-state index contributed by atoms with van der Waals surface area (Å²) in [5, 5.41) is 3.71. The highest BCUT2D eigenvalue weighted by Gasteiger charge is 2.14. The molecule has 0 bridgehead atoms. The van der Waals surface area contributed by atoms with E-state index < -0.39 is 0 Å². The molecule has 0 fully saturated rings. The van der Waals surface area contributed by atoms with Crippen LogP contribution < -0.4 is 5.32 Å². The topological polar surface area (TPSA) is 12.0 Å². The van der Waals surface area contributed by atoms with Gasteiger partial charge >= 0.3 is 0 Å². The second kappa shape index (κ2) is 7.42. The molecule has 0 aliphatic carbocycles. The van der Waals surface area contributed by atoms with Crippen LogP contribution in [0.25, 0.3) is 0 Å². The maximum absolute atomic E-state index is 3.71. The molecule has 0 spiro atoms. The van der Waals surface area contributed by atoms with Crippen molar-refractivity contribution in [3.05, 3.63) is 70.3 Å². The Bertz CT molecular complexity index is 566. The van der Waals surface area contributed by atoms with Crippen molar-refractivity contribution < 1.29 is 0 Å². The minimum absolute atomic E-state index is 0.287. The van der Waals surface area contributed by atoms with Gasteiger partial charge in [-0.15, -0.1) is 0 Å². The van der Waals surface area contributed by atoms with Gasteiger partial charge in [0.05, 0.1) is 6.04 Å². The first-order valence-corrected chi connectivity index (χ1v) is 8.04. The lowest BCUT2D eigenvalue weighted by Gasteiger charge is -2.21. The molecular weight excluding hydrogens is 254 g/mol. The fourth-order valence-electron chi connectivity index (χ4n) is 2.89. The normalized spacial score (nSPS) is 12.4. The van der Waals surface area contributed by atoms with Crippen LogP contribution in [0.5, 0.6) is 0 Å². The highest BCUT2D eigenvalue weighted by molar-refractivity contribution is 5.38. The minimum Gasteiger partial charge on any atom is -0.306 e. The van der Waals surface area contributed by atoms with Crippen molar-refractivity contribution in [3.63, 3.8) is 0 Å². The van der Waals surface area contributed by atoms with Gasteiger partial charge in [-0.2, -0.15) is 0 Å². The van der Waals surface area contributed by atoms with Gasteiger partial charge in [-0.05, 0) is 49.9 Å². The second-order valence-electron chi connectivity index (χ2n) is 5.91. The van der Waals surface area contributed by atoms with Crippen LogP contribution in [-0.4, -0.2) is 6.54 Å². The molecule has 21 heavy (non-hydrogen) atoms. The van der Waals surface area contributed by atoms with E-state index in [0.29, 0.717) is 0 Å². The molecule has 1 atom stereocenters. The Kier molecular flexibility index (Phi) is 5.58. The zero-order valence-electron chi connectivity index (χ0n) is 13.7. The van der Waals surface area contributed by atoms with Gasteiger partial charge in [0.15, 0.2) is 0 Å². The highest BCUT2D eigenvalue weighted by atomic mass is 14.9. The molecule has 0 aromatic heterocycles. The third-order valence-corrected chi connectivity index (χ3v) is 3.87. The van der Waals surface area contributed by atoms with Crippen molar-refractivity contribution >= 4 is 0 Å². The van der Waals surface area contributed by atoms with Gasteiger partial charge in [0.25, 0.3) is 0 Å². The fraction of sp³-hybridized carbons (Fsp3) is 0.400. The van der Waals surface area contributed by atoms with E-state index in [4.69, 9.17) is 0 Å². The highest BCUT2D eigenvalue weighted by Crippen LogP contribution is 2.25. The third kappa shape index (κ3) is 4.18. The Morgan fingerprint density at radius 3 is 2.24 bits per heavy atom. The van der Waals surface area contributed by atoms with E-state index in [1.165, 1.54) is 27.8 Å². The van der Waals surface area contributed by atoms with Gasteiger partial charge in [-0.3, -0.25) is 0 Å². The maximum atomic E-state index is 3.71. The van der Waals surface area contributed by atoms with Crippen molar-refractivity contribution in [2.24, 2.45) is 0 Å². The summed E-state index contributed by atoms with van der Waals surface area (Å²) < 4.78 is 0. The Hall–Kier alpha value is -1.60. The van der Waals surface area contributed by atoms with E-state index in [2.05, 4.69) is 75.5 Å². The summed E-state index contributed by atoms with van der Waals surface area (Å²) in [7, 11) is 0. The molecule has 1 nitrogen and oxygen atoms in total. The zero-order chi connectivity index (χ0) is 15.2. The summed E-state index contributed by atoms with van der Waals surface area (Å²) in [5.41, 5.74) is 6.81. The van der Waals surface area contributed by atoms with Crippen LogP contribution in [0.1, 0.15) is 54.1 Å². The molecule has 0 saturated heterocycles. The van der Waals surface area contributed by atoms with Gasteiger partial charge in [0, 0.05) is 0 Å². The molecule has 0 amide bonds. The summed E-state index contributed by atoms with van der Waals surface area (Å²) >= 11 is 0. The third-order valence-electron chi connectivity index (χ3n) is 3.87. The molecule has 0 radical (unpaired) electrons. The number of nitrogens with one attached hydrogen (secondary N) is 1. The molecule has 1 heteroatoms. The molecule has 0 aliphatic heterocycles. The van der Waals surface area contributed by atoms with E-state index in [0.717, 1.165) is 19.4 Å². The molecule has 2 aromatic carbocycles. The summed E-state index contributed by atoms with van der Waals surface area (Å²) in [6, 6.07) is 16.1. The van der Waals surface area contributed by atoms with Crippen LogP contribution in [0.3, 0.4) is 0 Å². The molecule has 2 aromatic rings. The van der Waals surface area contributed by atoms with E-state index in [1.54, 1.807) is 0 Å². The SMILES string of the molecule is CCCNC(c1cc(C)cc(C)c1)c1cccc(CC)c1. The standard InChI is InChI=1S/C20H27N/c1-5-10-21-20(18-9-7-8-17(6-2)14-18)19-12-15(3)11-16(4)13-19/h7-9,11-14,20-21H,5-6,10H2,1-4H3. The van der Waals surface area contributed by atoms with Gasteiger partial charge in [0.2, 0.25) is 0 Å². The molecule has 0 heterocycles. The van der Waals surface area contributed by atoms with Gasteiger partial charge in [0.1, 0.15) is 0 Å². The van der Waals surface area contributed by atoms with Crippen molar-refractivity contribution in [1.82, 2.24) is 5.32 Å². The van der Waals surface area contributed by atoms with Crippen molar-refractivity contribution in [2.45, 2.75) is 46.6 Å². The Morgan fingerprint density at radius 1 is 0.905 bits per heavy atom. The van der Waals surface area contributed by atoms with Gasteiger partial charge in [-0.25, -0.2) is 0 Å². The quantitative estimate of drug-likeness (QED) is 0.789. The lowest BCUT2D eigenvalue weighted by Crippen LogP contribution is -2.23. The molecule has 0 aliphatic rings. The predicted molar refractivity (Wildman–Crippen MR) is 91.9 cm³/mol. The van der Waals surface area contributed by atoms with Crippen molar-refractivity contribution in [3.8, 4) is 0 Å². The molecule has 112 valence electrons. The lowest BCUT2D eigenvalue weighted by molar-refractivity contribution is 0.597. The fourth-order valence-corrected chi connectivity index (χ4v) is 2.89. The molecule has 1 unspecified atom stereocenters. The van der Waals surface area contributed by atoms with Crippen molar-refractivity contribution in [2.75, 3.05) is 6.54 Å². The Morgan fingerprint density at radius 2 is 1.62 bits per heavy atom. The van der Waals surface area contributed by atoms with Gasteiger partial charge in [-0.1, -0.05) is 67.4 Å². The number of aryl methyl sites for hydroxylation is 3. The smallest absolute Gasteiger partial charge is 0.0577 e. The number of hydrogen-bond acceptors (Lipinski definition) is 1.